The fourth-order valence-corrected chi connectivity index (χ4v) is 6.28. The lowest BCUT2D eigenvalue weighted by Gasteiger charge is -2.39. The second-order valence-corrected chi connectivity index (χ2v) is 13.9. The lowest BCUT2D eigenvalue weighted by molar-refractivity contribution is -0.144. The van der Waals surface area contributed by atoms with Crippen LogP contribution in [0.15, 0.2) is 0 Å². The van der Waals surface area contributed by atoms with E-state index in [1.54, 1.807) is 0 Å². The van der Waals surface area contributed by atoms with Crippen LogP contribution < -0.4 is 21.7 Å². The number of likely N-dealkylation sites (tertiary alicyclic amines) is 1. The van der Waals surface area contributed by atoms with E-state index in [0.717, 1.165) is 32.1 Å². The fraction of sp³-hybridized carbons (Fsp3) is 0.828. The lowest BCUT2D eigenvalue weighted by Crippen LogP contribution is -2.62. The molecule has 5 amide bonds. The van der Waals surface area contributed by atoms with Crippen molar-refractivity contribution in [1.29, 1.82) is 0 Å². The van der Waals surface area contributed by atoms with Crippen LogP contribution in [0.3, 0.4) is 0 Å². The summed E-state index contributed by atoms with van der Waals surface area (Å²) in [4.78, 5) is 66.4. The largest absolute Gasteiger partial charge is 0.363 e. The molecular weight excluding hydrogens is 536 g/mol. The number of alkyl halides is 2. The Morgan fingerprint density at radius 2 is 1.61 bits per heavy atom. The van der Waals surface area contributed by atoms with Crippen LogP contribution in [0.4, 0.5) is 13.6 Å². The maximum atomic E-state index is 14.0. The summed E-state index contributed by atoms with van der Waals surface area (Å²) in [6.45, 7) is 11.5. The molecular formula is C29H47F2N5O5. The van der Waals surface area contributed by atoms with E-state index in [4.69, 9.17) is 5.73 Å². The van der Waals surface area contributed by atoms with Crippen LogP contribution in [0.25, 0.3) is 0 Å². The van der Waals surface area contributed by atoms with Gasteiger partial charge in [-0.1, -0.05) is 53.9 Å². The number of primary amides is 1. The Balaban J connectivity index is 1.82. The van der Waals surface area contributed by atoms with Crippen molar-refractivity contribution in [2.24, 2.45) is 28.9 Å². The number of hydrogen-bond acceptors (Lipinski definition) is 5. The van der Waals surface area contributed by atoms with Gasteiger partial charge >= 0.3 is 6.03 Å². The van der Waals surface area contributed by atoms with Gasteiger partial charge in [-0.15, -0.1) is 0 Å². The van der Waals surface area contributed by atoms with Crippen LogP contribution in [0.2, 0.25) is 0 Å². The number of carbonyl (C=O) groups excluding carboxylic acids is 5. The van der Waals surface area contributed by atoms with E-state index >= 15 is 0 Å². The molecule has 0 aromatic carbocycles. The first-order chi connectivity index (χ1) is 18.9. The van der Waals surface area contributed by atoms with Crippen molar-refractivity contribution in [2.45, 2.75) is 122 Å². The molecule has 232 valence electrons. The van der Waals surface area contributed by atoms with Gasteiger partial charge in [0.1, 0.15) is 12.1 Å². The van der Waals surface area contributed by atoms with Crippen molar-refractivity contribution in [3.63, 3.8) is 0 Å². The Kier molecular flexibility index (Phi) is 9.75. The third-order valence-corrected chi connectivity index (χ3v) is 8.97. The molecule has 2 saturated carbocycles. The number of rotatable bonds is 10. The van der Waals surface area contributed by atoms with E-state index in [1.807, 2.05) is 41.5 Å². The summed E-state index contributed by atoms with van der Waals surface area (Å²) in [5.74, 6) is -8.05. The molecule has 3 aliphatic rings. The van der Waals surface area contributed by atoms with Crippen molar-refractivity contribution in [1.82, 2.24) is 20.9 Å². The van der Waals surface area contributed by atoms with Crippen molar-refractivity contribution in [3.8, 4) is 0 Å². The average Bonchev–Trinajstić information content (AvgIpc) is 3.24. The standard InChI is InChI=1S/C29H47F2N5O5/c1-16(2)18-10-13-36(20(18)24(39)33-19(21(37)23(32)38)14-17-15-29(17,30)31)25(40)22(27(3,4)5)34-26(41)35-28(6)11-8-7-9-12-28/h16-20,22H,7-15H2,1-6H3,(H2,32,38)(H,33,39)(H2,34,35,41). The number of Topliss-reactive ketones (excluding diaryl/α,β-unsaturated/α-hetero) is 1. The molecule has 3 rings (SSSR count). The maximum Gasteiger partial charge on any atom is 0.315 e. The minimum Gasteiger partial charge on any atom is -0.363 e. The molecule has 1 aliphatic heterocycles. The number of nitrogens with two attached hydrogens (primary N) is 1. The van der Waals surface area contributed by atoms with E-state index in [1.165, 1.54) is 4.90 Å². The van der Waals surface area contributed by atoms with Gasteiger partial charge in [0.25, 0.3) is 11.8 Å². The lowest BCUT2D eigenvalue weighted by atomic mass is 9.83. The molecule has 5 N–H and O–H groups in total. The molecule has 1 heterocycles. The van der Waals surface area contributed by atoms with Crippen molar-refractivity contribution >= 4 is 29.5 Å². The number of amides is 5. The van der Waals surface area contributed by atoms with Crippen molar-refractivity contribution in [3.05, 3.63) is 0 Å². The first-order valence-corrected chi connectivity index (χ1v) is 14.8. The number of nitrogens with one attached hydrogen (secondary N) is 3. The Hall–Kier alpha value is -2.79. The van der Waals surface area contributed by atoms with Crippen molar-refractivity contribution < 1.29 is 32.8 Å². The molecule has 0 aromatic heterocycles. The fourth-order valence-electron chi connectivity index (χ4n) is 6.28. The topological polar surface area (TPSA) is 151 Å². The number of urea groups is 1. The van der Waals surface area contributed by atoms with Crippen LogP contribution >= 0.6 is 0 Å². The second kappa shape index (κ2) is 12.2. The Labute approximate surface area is 241 Å². The summed E-state index contributed by atoms with van der Waals surface area (Å²) in [7, 11) is 0. The number of ketones is 1. The molecule has 3 fully saturated rings. The van der Waals surface area contributed by atoms with Crippen LogP contribution in [0.1, 0.15) is 92.9 Å². The molecule has 5 atom stereocenters. The zero-order chi connectivity index (χ0) is 30.9. The third-order valence-electron chi connectivity index (χ3n) is 8.97. The van der Waals surface area contributed by atoms with E-state index in [0.29, 0.717) is 6.42 Å². The molecule has 41 heavy (non-hydrogen) atoms. The summed E-state index contributed by atoms with van der Waals surface area (Å²) in [6.07, 6.45) is 4.47. The number of nitrogens with zero attached hydrogens (tertiary/aromatic N) is 1. The summed E-state index contributed by atoms with van der Waals surface area (Å²) in [6, 6.07) is -3.96. The molecule has 5 unspecified atom stereocenters. The predicted molar refractivity (Wildman–Crippen MR) is 149 cm³/mol. The zero-order valence-corrected chi connectivity index (χ0v) is 25.1. The van der Waals surface area contributed by atoms with E-state index < -0.39 is 77.8 Å². The molecule has 10 nitrogen and oxygen atoms in total. The second-order valence-electron chi connectivity index (χ2n) is 13.9. The van der Waals surface area contributed by atoms with E-state index in [2.05, 4.69) is 16.0 Å². The molecule has 0 aromatic rings. The third kappa shape index (κ3) is 7.94. The Bertz CT molecular complexity index is 1040. The highest BCUT2D eigenvalue weighted by molar-refractivity contribution is 6.37. The zero-order valence-electron chi connectivity index (χ0n) is 25.1. The highest BCUT2D eigenvalue weighted by Crippen LogP contribution is 2.51. The Morgan fingerprint density at radius 3 is 2.10 bits per heavy atom. The first-order valence-electron chi connectivity index (χ1n) is 14.8. The predicted octanol–water partition coefficient (Wildman–Crippen LogP) is 2.88. The van der Waals surface area contributed by atoms with Gasteiger partial charge in [0.15, 0.2) is 0 Å². The van der Waals surface area contributed by atoms with Crippen LogP contribution in [-0.4, -0.2) is 70.6 Å². The summed E-state index contributed by atoms with van der Waals surface area (Å²) in [5.41, 5.74) is 4.08. The molecule has 0 spiro atoms. The summed E-state index contributed by atoms with van der Waals surface area (Å²) >= 11 is 0. The van der Waals surface area contributed by atoms with E-state index in [9.17, 15) is 32.8 Å². The Morgan fingerprint density at radius 1 is 1.02 bits per heavy atom. The number of carbonyl (C=O) groups is 5. The number of halogens is 2. The van der Waals surface area contributed by atoms with Crippen LogP contribution in [-0.2, 0) is 19.2 Å². The van der Waals surface area contributed by atoms with E-state index in [-0.39, 0.29) is 23.9 Å². The monoisotopic (exact) mass is 583 g/mol. The summed E-state index contributed by atoms with van der Waals surface area (Å²) in [5, 5.41) is 8.38. The molecule has 1 saturated heterocycles. The molecule has 0 radical (unpaired) electrons. The molecule has 0 bridgehead atoms. The molecule has 12 heteroatoms. The van der Waals surface area contributed by atoms with Gasteiger partial charge in [0.2, 0.25) is 17.6 Å². The van der Waals surface area contributed by atoms with Gasteiger partial charge in [-0.05, 0) is 49.9 Å². The van der Waals surface area contributed by atoms with Gasteiger partial charge in [-0.3, -0.25) is 19.2 Å². The minimum absolute atomic E-state index is 0.0304. The first kappa shape index (κ1) is 32.7. The molecule has 2 aliphatic carbocycles. The van der Waals surface area contributed by atoms with Crippen molar-refractivity contribution in [2.75, 3.05) is 6.54 Å². The smallest absolute Gasteiger partial charge is 0.315 e. The SMILES string of the molecule is CC(C)C1CCN(C(=O)C(NC(=O)NC2(C)CCCCC2)C(C)(C)C)C1C(=O)NC(CC1CC1(F)F)C(=O)C(N)=O. The van der Waals surface area contributed by atoms with Crippen LogP contribution in [0.5, 0.6) is 0 Å². The highest BCUT2D eigenvalue weighted by Gasteiger charge is 2.58. The van der Waals surface area contributed by atoms with Gasteiger partial charge < -0.3 is 26.6 Å². The summed E-state index contributed by atoms with van der Waals surface area (Å²) < 4.78 is 27.3. The van der Waals surface area contributed by atoms with Gasteiger partial charge in [-0.25, -0.2) is 13.6 Å². The quantitative estimate of drug-likeness (QED) is 0.292. The van der Waals surface area contributed by atoms with Gasteiger partial charge in [-0.2, -0.15) is 0 Å². The van der Waals surface area contributed by atoms with Crippen LogP contribution in [0, 0.1) is 23.2 Å². The number of hydrogen-bond donors (Lipinski definition) is 4. The minimum atomic E-state index is -2.96. The normalized spacial score (nSPS) is 26.6. The van der Waals surface area contributed by atoms with Gasteiger partial charge in [0.05, 0.1) is 6.04 Å². The highest BCUT2D eigenvalue weighted by atomic mass is 19.3. The average molecular weight is 584 g/mol. The van der Waals surface area contributed by atoms with Gasteiger partial charge in [0, 0.05) is 24.4 Å². The maximum absolute atomic E-state index is 14.0.